The highest BCUT2D eigenvalue weighted by atomic mass is 16.3. The number of furan rings is 1. The predicted octanol–water partition coefficient (Wildman–Crippen LogP) is 2.63. The Labute approximate surface area is 117 Å². The first kappa shape index (κ1) is 12.9. The second-order valence-electron chi connectivity index (χ2n) is 5.23. The van der Waals surface area contributed by atoms with Crippen LogP contribution in [0.1, 0.15) is 29.8 Å². The maximum Gasteiger partial charge on any atom is 0.287 e. The Morgan fingerprint density at radius 1 is 1.40 bits per heavy atom. The molecule has 1 atom stereocenters. The maximum absolute atomic E-state index is 12.1. The van der Waals surface area contributed by atoms with Gasteiger partial charge in [-0.25, -0.2) is 0 Å². The Balaban J connectivity index is 1.70. The molecule has 2 aromatic rings. The molecule has 104 valence electrons. The van der Waals surface area contributed by atoms with Gasteiger partial charge >= 0.3 is 0 Å². The van der Waals surface area contributed by atoms with Gasteiger partial charge in [0.2, 0.25) is 0 Å². The zero-order valence-corrected chi connectivity index (χ0v) is 11.1. The molecule has 0 saturated carbocycles. The largest absolute Gasteiger partial charge is 0.451 e. The van der Waals surface area contributed by atoms with E-state index in [-0.39, 0.29) is 18.2 Å². The van der Waals surface area contributed by atoms with Crippen LogP contribution < -0.4 is 5.32 Å². The first-order chi connectivity index (χ1) is 9.66. The molecular weight excluding hydrogens is 254 g/mol. The average Bonchev–Trinajstić information content (AvgIpc) is 2.89. The number of nitrogens with one attached hydrogen (secondary N) is 1. The molecular formula is C16H17NO3. The number of allylic oxidation sites excluding steroid dienone is 1. The average molecular weight is 271 g/mol. The van der Waals surface area contributed by atoms with Crippen LogP contribution in [0, 0.1) is 0 Å². The zero-order valence-electron chi connectivity index (χ0n) is 11.1. The number of fused-ring (bicyclic) bond motifs is 1. The molecule has 0 bridgehead atoms. The molecule has 4 nitrogen and oxygen atoms in total. The zero-order chi connectivity index (χ0) is 14.0. The number of carbonyl (C=O) groups excluding carboxylic acids is 1. The summed E-state index contributed by atoms with van der Waals surface area (Å²) < 4.78 is 5.49. The minimum absolute atomic E-state index is 0.208. The highest BCUT2D eigenvalue weighted by Crippen LogP contribution is 2.22. The summed E-state index contributed by atoms with van der Waals surface area (Å²) in [6, 6.07) is 9.19. The van der Waals surface area contributed by atoms with Crippen molar-refractivity contribution in [1.82, 2.24) is 5.32 Å². The van der Waals surface area contributed by atoms with E-state index in [1.165, 1.54) is 0 Å². The monoisotopic (exact) mass is 271 g/mol. The molecule has 20 heavy (non-hydrogen) atoms. The number of aliphatic hydroxyl groups is 1. The first-order valence-corrected chi connectivity index (χ1v) is 6.83. The van der Waals surface area contributed by atoms with Gasteiger partial charge in [0.05, 0.1) is 12.1 Å². The Kier molecular flexibility index (Phi) is 3.32. The summed E-state index contributed by atoms with van der Waals surface area (Å²) in [5, 5.41) is 13.9. The summed E-state index contributed by atoms with van der Waals surface area (Å²) in [6.07, 6.45) is 6.32. The van der Waals surface area contributed by atoms with Gasteiger partial charge in [0.15, 0.2) is 5.76 Å². The highest BCUT2D eigenvalue weighted by Gasteiger charge is 2.26. The molecule has 0 saturated heterocycles. The van der Waals surface area contributed by atoms with Gasteiger partial charge in [-0.2, -0.15) is 0 Å². The van der Waals surface area contributed by atoms with Gasteiger partial charge in [-0.1, -0.05) is 30.4 Å². The van der Waals surface area contributed by atoms with Crippen LogP contribution in [0.3, 0.4) is 0 Å². The van der Waals surface area contributed by atoms with E-state index in [1.807, 2.05) is 30.3 Å². The quantitative estimate of drug-likeness (QED) is 0.844. The van der Waals surface area contributed by atoms with Crippen molar-refractivity contribution in [2.24, 2.45) is 0 Å². The van der Waals surface area contributed by atoms with Crippen molar-refractivity contribution in [2.75, 3.05) is 6.54 Å². The van der Waals surface area contributed by atoms with Gasteiger partial charge in [0.25, 0.3) is 5.91 Å². The Morgan fingerprint density at radius 2 is 2.25 bits per heavy atom. The van der Waals surface area contributed by atoms with E-state index in [0.29, 0.717) is 12.0 Å². The van der Waals surface area contributed by atoms with Crippen LogP contribution in [0.2, 0.25) is 0 Å². The summed E-state index contributed by atoms with van der Waals surface area (Å²) in [7, 11) is 0. The molecule has 1 aliphatic carbocycles. The highest BCUT2D eigenvalue weighted by molar-refractivity contribution is 5.96. The Hall–Kier alpha value is -2.07. The van der Waals surface area contributed by atoms with Gasteiger partial charge < -0.3 is 14.8 Å². The molecule has 4 heteroatoms. The molecule has 0 radical (unpaired) electrons. The molecule has 0 spiro atoms. The van der Waals surface area contributed by atoms with Crippen molar-refractivity contribution in [1.29, 1.82) is 0 Å². The van der Waals surface area contributed by atoms with Crippen molar-refractivity contribution >= 4 is 16.9 Å². The summed E-state index contributed by atoms with van der Waals surface area (Å²) in [4.78, 5) is 12.1. The lowest BCUT2D eigenvalue weighted by Crippen LogP contribution is -2.42. The smallest absolute Gasteiger partial charge is 0.287 e. The summed E-state index contributed by atoms with van der Waals surface area (Å²) in [5.41, 5.74) is -0.242. The molecule has 3 rings (SSSR count). The summed E-state index contributed by atoms with van der Waals surface area (Å²) in [6.45, 7) is 0.208. The van der Waals surface area contributed by atoms with Crippen LogP contribution in [-0.2, 0) is 0 Å². The van der Waals surface area contributed by atoms with E-state index in [0.717, 1.165) is 18.2 Å². The van der Waals surface area contributed by atoms with Crippen molar-refractivity contribution in [3.05, 3.63) is 48.2 Å². The molecule has 1 aromatic heterocycles. The lowest BCUT2D eigenvalue weighted by atomic mass is 9.91. The van der Waals surface area contributed by atoms with Crippen LogP contribution >= 0.6 is 0 Å². The minimum Gasteiger partial charge on any atom is -0.451 e. The van der Waals surface area contributed by atoms with Crippen LogP contribution in [0.5, 0.6) is 0 Å². The maximum atomic E-state index is 12.1. The van der Waals surface area contributed by atoms with E-state index >= 15 is 0 Å². The molecule has 0 fully saturated rings. The summed E-state index contributed by atoms with van der Waals surface area (Å²) >= 11 is 0. The fourth-order valence-electron chi connectivity index (χ4n) is 2.47. The van der Waals surface area contributed by atoms with Crippen LogP contribution in [0.15, 0.2) is 46.9 Å². The van der Waals surface area contributed by atoms with Crippen LogP contribution in [-0.4, -0.2) is 23.2 Å². The predicted molar refractivity (Wildman–Crippen MR) is 76.5 cm³/mol. The lowest BCUT2D eigenvalue weighted by molar-refractivity contribution is 0.0649. The second-order valence-corrected chi connectivity index (χ2v) is 5.23. The number of hydrogen-bond acceptors (Lipinski definition) is 3. The van der Waals surface area contributed by atoms with Gasteiger partial charge in [-0.3, -0.25) is 4.79 Å². The number of carbonyl (C=O) groups is 1. The molecule has 0 unspecified atom stereocenters. The third-order valence-corrected chi connectivity index (χ3v) is 3.61. The molecule has 1 aliphatic rings. The molecule has 1 amide bonds. The molecule has 0 aliphatic heterocycles. The fraction of sp³-hybridized carbons (Fsp3) is 0.312. The first-order valence-electron chi connectivity index (χ1n) is 6.83. The summed E-state index contributed by atoms with van der Waals surface area (Å²) in [5.74, 6) is -0.0248. The minimum atomic E-state index is -0.931. The number of para-hydroxylation sites is 1. The van der Waals surface area contributed by atoms with Crippen LogP contribution in [0.4, 0.5) is 0 Å². The van der Waals surface area contributed by atoms with E-state index in [2.05, 4.69) is 5.32 Å². The van der Waals surface area contributed by atoms with E-state index in [1.54, 1.807) is 12.1 Å². The number of rotatable bonds is 3. The van der Waals surface area contributed by atoms with Gasteiger partial charge in [0, 0.05) is 5.39 Å². The standard InChI is InChI=1S/C16H17NO3/c18-15(17-11-16(19)8-4-1-5-9-16)14-10-12-6-2-3-7-13(12)20-14/h2-4,6-8,10,19H,1,5,9,11H2,(H,17,18)/t16-/m1/s1. The van der Waals surface area contributed by atoms with E-state index < -0.39 is 5.60 Å². The molecule has 1 aromatic carbocycles. The second kappa shape index (κ2) is 5.13. The number of hydrogen-bond donors (Lipinski definition) is 2. The SMILES string of the molecule is O=C(NC[C@@]1(O)C=CCCC1)c1cc2ccccc2o1. The lowest BCUT2D eigenvalue weighted by Gasteiger charge is -2.27. The fourth-order valence-corrected chi connectivity index (χ4v) is 2.47. The normalized spacial score (nSPS) is 22.1. The topological polar surface area (TPSA) is 62.5 Å². The Morgan fingerprint density at radius 3 is 3.00 bits per heavy atom. The van der Waals surface area contributed by atoms with Crippen LogP contribution in [0.25, 0.3) is 11.0 Å². The van der Waals surface area contributed by atoms with E-state index in [9.17, 15) is 9.90 Å². The Bertz CT molecular complexity index is 626. The number of amides is 1. The van der Waals surface area contributed by atoms with Gasteiger partial charge in [-0.15, -0.1) is 0 Å². The van der Waals surface area contributed by atoms with Gasteiger partial charge in [-0.05, 0) is 31.4 Å². The van der Waals surface area contributed by atoms with Gasteiger partial charge in [0.1, 0.15) is 5.58 Å². The molecule has 1 heterocycles. The van der Waals surface area contributed by atoms with Crippen molar-refractivity contribution in [2.45, 2.75) is 24.9 Å². The van der Waals surface area contributed by atoms with Crippen molar-refractivity contribution < 1.29 is 14.3 Å². The van der Waals surface area contributed by atoms with E-state index in [4.69, 9.17) is 4.42 Å². The third kappa shape index (κ3) is 2.60. The molecule has 2 N–H and O–H groups in total. The van der Waals surface area contributed by atoms with Crippen molar-refractivity contribution in [3.8, 4) is 0 Å². The van der Waals surface area contributed by atoms with Crippen molar-refractivity contribution in [3.63, 3.8) is 0 Å². The third-order valence-electron chi connectivity index (χ3n) is 3.61. The number of benzene rings is 1.